The number of rotatable bonds is 5. The molecule has 0 N–H and O–H groups in total. The highest BCUT2D eigenvalue weighted by molar-refractivity contribution is 6.66. The molecular weight excluding hydrogens is 867 g/mol. The van der Waals surface area contributed by atoms with Crippen LogP contribution < -0.4 is 14.8 Å². The van der Waals surface area contributed by atoms with E-state index in [-0.39, 0.29) is 5.56 Å². The second kappa shape index (κ2) is 13.6. The van der Waals surface area contributed by atoms with E-state index in [1.165, 1.54) is 0 Å². The van der Waals surface area contributed by atoms with Crippen LogP contribution in [-0.4, -0.2) is 7.12 Å². The molecule has 0 amide bonds. The van der Waals surface area contributed by atoms with Gasteiger partial charge in [-0.25, -0.2) is 79.0 Å². The molecule has 0 radical (unpaired) electrons. The van der Waals surface area contributed by atoms with Gasteiger partial charge < -0.3 is 9.31 Å². The van der Waals surface area contributed by atoms with E-state index < -0.39 is 196 Å². The van der Waals surface area contributed by atoms with Crippen molar-refractivity contribution in [2.24, 2.45) is 0 Å². The zero-order valence-corrected chi connectivity index (χ0v) is 27.9. The summed E-state index contributed by atoms with van der Waals surface area (Å²) < 4.78 is 313. The van der Waals surface area contributed by atoms with Crippen molar-refractivity contribution in [2.45, 2.75) is 6.42 Å². The molecule has 0 atom stereocenters. The lowest BCUT2D eigenvalue weighted by molar-refractivity contribution is 0.370. The van der Waals surface area contributed by atoms with Crippen LogP contribution in [0.2, 0.25) is 0 Å². The molecule has 0 spiro atoms. The first-order valence-corrected chi connectivity index (χ1v) is 15.9. The van der Waals surface area contributed by atoms with E-state index in [1.54, 1.807) is 0 Å². The molecule has 0 aliphatic heterocycles. The molecule has 2 nitrogen and oxygen atoms in total. The van der Waals surface area contributed by atoms with Crippen LogP contribution in [0.25, 0.3) is 43.4 Å². The summed E-state index contributed by atoms with van der Waals surface area (Å²) >= 11 is 0. The topological polar surface area (TPSA) is 18.5 Å². The van der Waals surface area contributed by atoms with Crippen molar-refractivity contribution in [3.63, 3.8) is 0 Å². The lowest BCUT2D eigenvalue weighted by Crippen LogP contribution is -2.47. The first-order chi connectivity index (χ1) is 28.1. The second-order valence-corrected chi connectivity index (χ2v) is 12.7. The summed E-state index contributed by atoms with van der Waals surface area (Å²) in [6.45, 7) is 0. The number of fused-ring (bicyclic) bond motifs is 6. The minimum absolute atomic E-state index is 0.327. The van der Waals surface area contributed by atoms with E-state index in [0.717, 1.165) is 12.1 Å². The Bertz CT molecular complexity index is 3150. The van der Waals surface area contributed by atoms with Crippen molar-refractivity contribution in [1.82, 2.24) is 0 Å². The lowest BCUT2D eigenvalue weighted by Gasteiger charge is -2.24. The summed E-state index contributed by atoms with van der Waals surface area (Å²) in [5.41, 5.74) is -5.94. The van der Waals surface area contributed by atoms with Gasteiger partial charge in [0.05, 0.1) is 32.4 Å². The molecule has 0 heterocycles. The molecule has 7 aromatic carbocycles. The molecule has 0 unspecified atom stereocenters. The minimum Gasteiger partial charge on any atom is -0.519 e. The molecule has 0 aromatic heterocycles. The summed E-state index contributed by atoms with van der Waals surface area (Å²) in [7, 11) is -3.95. The van der Waals surface area contributed by atoms with Gasteiger partial charge in [-0.3, -0.25) is 0 Å². The summed E-state index contributed by atoms with van der Waals surface area (Å²) in [6, 6.07) is 2.66. The Labute approximate surface area is 316 Å². The maximum atomic E-state index is 16.2. The Morgan fingerprint density at radius 2 is 0.717 bits per heavy atom. The van der Waals surface area contributed by atoms with Crippen molar-refractivity contribution < 1.29 is 97.1 Å². The smallest absolute Gasteiger partial charge is 0.519 e. The molecule has 1 aliphatic rings. The number of benzene rings is 7. The number of halogens is 20. The first kappa shape index (κ1) is 40.4. The fourth-order valence-corrected chi connectivity index (χ4v) is 6.98. The van der Waals surface area contributed by atoms with Crippen LogP contribution in [0.3, 0.4) is 0 Å². The van der Waals surface area contributed by atoms with Crippen LogP contribution in [-0.2, 0) is 6.42 Å². The fourth-order valence-electron chi connectivity index (χ4n) is 6.98. The van der Waals surface area contributed by atoms with Gasteiger partial charge in [-0.2, -0.15) is 8.78 Å². The first-order valence-electron chi connectivity index (χ1n) is 15.9. The average molecular weight is 872 g/mol. The highest BCUT2D eigenvalue weighted by atomic mass is 19.2. The maximum Gasteiger partial charge on any atom is 0.636 e. The average Bonchev–Trinajstić information content (AvgIpc) is 3.62. The van der Waals surface area contributed by atoms with Crippen LogP contribution in [0.5, 0.6) is 11.5 Å². The molecule has 23 heteroatoms. The van der Waals surface area contributed by atoms with Gasteiger partial charge in [0.15, 0.2) is 93.0 Å². The Balaban J connectivity index is 1.52. The molecule has 0 saturated heterocycles. The van der Waals surface area contributed by atoms with Crippen LogP contribution in [0.1, 0.15) is 11.1 Å². The van der Waals surface area contributed by atoms with Gasteiger partial charge in [0.2, 0.25) is 11.6 Å². The van der Waals surface area contributed by atoms with E-state index in [9.17, 15) is 30.7 Å². The Kier molecular flexibility index (Phi) is 9.12. The molecule has 1 aliphatic carbocycles. The standard InChI is InChI=1S/C37H5BF20O2/c39-7-3-1-2-5-4-6-9(8(5)7)19(42)32(55)34(57)36(6)59-38(16-10-11(21(44)27(50)26(16)49)22(45)29(52)28(51)20(10)43)60-37-15-14(25(48)33(56)35(37)58)17(40)12-13(18(15)41)24(47)31(54)30(53)23(12)46/h1-3H,4H2. The molecule has 60 heavy (non-hydrogen) atoms. The lowest BCUT2D eigenvalue weighted by atomic mass is 9.74. The molecule has 0 bridgehead atoms. The molecule has 8 rings (SSSR count). The summed E-state index contributed by atoms with van der Waals surface area (Å²) in [4.78, 5) is 0. The van der Waals surface area contributed by atoms with Gasteiger partial charge in [0.25, 0.3) is 0 Å². The summed E-state index contributed by atoms with van der Waals surface area (Å²) in [6.07, 6.45) is -0.955. The Morgan fingerprint density at radius 1 is 0.333 bits per heavy atom. The summed E-state index contributed by atoms with van der Waals surface area (Å²) in [5.74, 6) is -60.0. The van der Waals surface area contributed by atoms with Gasteiger partial charge in [0, 0.05) is 28.5 Å². The van der Waals surface area contributed by atoms with Crippen LogP contribution in [0.4, 0.5) is 87.8 Å². The SMILES string of the molecule is Fc1cccc2c1-c1c(F)c(F)c(F)c(OB(Oc3c(F)c(F)c(F)c4c(F)c5c(F)c(F)c(F)c(F)c5c(F)c34)c3c(F)c(F)c(F)c4c(F)c(F)c(F)c(F)c34)c1C2. The highest BCUT2D eigenvalue weighted by Crippen LogP contribution is 2.48. The van der Waals surface area contributed by atoms with Gasteiger partial charge in [0.1, 0.15) is 23.2 Å². The Morgan fingerprint density at radius 3 is 1.25 bits per heavy atom. The van der Waals surface area contributed by atoms with E-state index in [0.29, 0.717) is 6.07 Å². The van der Waals surface area contributed by atoms with E-state index >= 15 is 57.1 Å². The molecule has 0 saturated carbocycles. The third-order valence-electron chi connectivity index (χ3n) is 9.59. The second-order valence-electron chi connectivity index (χ2n) is 12.7. The maximum absolute atomic E-state index is 16.2. The summed E-state index contributed by atoms with van der Waals surface area (Å²) in [5, 5.41) is -14.3. The van der Waals surface area contributed by atoms with Crippen LogP contribution >= 0.6 is 0 Å². The van der Waals surface area contributed by atoms with E-state index in [4.69, 9.17) is 9.31 Å². The minimum atomic E-state index is -3.95. The van der Waals surface area contributed by atoms with Gasteiger partial charge in [-0.15, -0.1) is 0 Å². The van der Waals surface area contributed by atoms with Gasteiger partial charge in [-0.1, -0.05) is 12.1 Å². The fraction of sp³-hybridized carbons (Fsp3) is 0.0270. The zero-order valence-electron chi connectivity index (χ0n) is 27.9. The van der Waals surface area contributed by atoms with Crippen molar-refractivity contribution in [1.29, 1.82) is 0 Å². The van der Waals surface area contributed by atoms with E-state index in [2.05, 4.69) is 0 Å². The largest absolute Gasteiger partial charge is 0.636 e. The van der Waals surface area contributed by atoms with Crippen molar-refractivity contribution >= 4 is 44.9 Å². The normalized spacial score (nSPS) is 12.3. The van der Waals surface area contributed by atoms with Gasteiger partial charge >= 0.3 is 7.12 Å². The zero-order chi connectivity index (χ0) is 43.9. The predicted molar refractivity (Wildman–Crippen MR) is 166 cm³/mol. The van der Waals surface area contributed by atoms with Crippen molar-refractivity contribution in [3.8, 4) is 22.6 Å². The number of hydrogen-bond acceptors (Lipinski definition) is 2. The molecule has 308 valence electrons. The molecule has 7 aromatic rings. The highest BCUT2D eigenvalue weighted by Gasteiger charge is 2.45. The molecule has 0 fully saturated rings. The monoisotopic (exact) mass is 872 g/mol. The Hall–Kier alpha value is -6.42. The van der Waals surface area contributed by atoms with Crippen molar-refractivity contribution in [3.05, 3.63) is 146 Å². The van der Waals surface area contributed by atoms with E-state index in [1.807, 2.05) is 0 Å². The third-order valence-corrected chi connectivity index (χ3v) is 9.59. The van der Waals surface area contributed by atoms with Crippen LogP contribution in [0.15, 0.2) is 18.2 Å². The van der Waals surface area contributed by atoms with Gasteiger partial charge in [-0.05, 0) is 11.6 Å². The third kappa shape index (κ3) is 5.18. The molecular formula is C37H5BF20O2. The van der Waals surface area contributed by atoms with Crippen LogP contribution in [0, 0.1) is 116 Å². The quantitative estimate of drug-likeness (QED) is 0.0564. The number of hydrogen-bond donors (Lipinski definition) is 0. The van der Waals surface area contributed by atoms with Crippen molar-refractivity contribution in [2.75, 3.05) is 0 Å². The predicted octanol–water partition coefficient (Wildman–Crippen LogP) is 11.4.